The SMILES string of the molecule is CC(C)(C)OC(=O)N1CCC2(CCN(C(=O)Cc3ccc(Br)cc3)CC2)CC1. The molecule has 0 saturated carbocycles. The number of likely N-dealkylation sites (tertiary alicyclic amines) is 2. The maximum Gasteiger partial charge on any atom is 0.410 e. The predicted molar refractivity (Wildman–Crippen MR) is 113 cm³/mol. The van der Waals surface area contributed by atoms with Crippen LogP contribution in [0, 0.1) is 5.41 Å². The Balaban J connectivity index is 1.47. The number of hydrogen-bond acceptors (Lipinski definition) is 3. The average molecular weight is 451 g/mol. The molecule has 0 bridgehead atoms. The lowest BCUT2D eigenvalue weighted by Crippen LogP contribution is -2.50. The van der Waals surface area contributed by atoms with Crippen molar-refractivity contribution in [2.45, 2.75) is 58.5 Å². The summed E-state index contributed by atoms with van der Waals surface area (Å²) >= 11 is 3.43. The quantitative estimate of drug-likeness (QED) is 0.659. The van der Waals surface area contributed by atoms with E-state index in [1.54, 1.807) is 0 Å². The third-order valence-corrected chi connectivity index (χ3v) is 6.45. The Kier molecular flexibility index (Phi) is 6.37. The Hall–Kier alpha value is -1.56. The number of carbonyl (C=O) groups is 2. The molecule has 6 heteroatoms. The standard InChI is InChI=1S/C22H31BrN2O3/c1-21(2,3)28-20(27)25-14-10-22(11-15-25)8-12-24(13-9-22)19(26)16-17-4-6-18(23)7-5-17/h4-7H,8-16H2,1-3H3. The van der Waals surface area contributed by atoms with Crippen LogP contribution in [0.25, 0.3) is 0 Å². The number of amides is 2. The number of ether oxygens (including phenoxy) is 1. The van der Waals surface area contributed by atoms with Crippen molar-refractivity contribution in [1.29, 1.82) is 0 Å². The normalized spacial score (nSPS) is 19.6. The van der Waals surface area contributed by atoms with E-state index in [1.165, 1.54) is 0 Å². The minimum absolute atomic E-state index is 0.204. The van der Waals surface area contributed by atoms with E-state index >= 15 is 0 Å². The largest absolute Gasteiger partial charge is 0.444 e. The molecular weight excluding hydrogens is 420 g/mol. The molecule has 0 aliphatic carbocycles. The van der Waals surface area contributed by atoms with Crippen LogP contribution in [-0.2, 0) is 16.0 Å². The summed E-state index contributed by atoms with van der Waals surface area (Å²) in [5.74, 6) is 0.211. The molecule has 28 heavy (non-hydrogen) atoms. The summed E-state index contributed by atoms with van der Waals surface area (Å²) in [4.78, 5) is 28.8. The van der Waals surface area contributed by atoms with Gasteiger partial charge in [-0.15, -0.1) is 0 Å². The molecule has 5 nitrogen and oxygen atoms in total. The van der Waals surface area contributed by atoms with Crippen molar-refractivity contribution in [2.24, 2.45) is 5.41 Å². The number of hydrogen-bond donors (Lipinski definition) is 0. The maximum atomic E-state index is 12.6. The first-order valence-electron chi connectivity index (χ1n) is 10.2. The monoisotopic (exact) mass is 450 g/mol. The van der Waals surface area contributed by atoms with Gasteiger partial charge in [0.2, 0.25) is 5.91 Å². The highest BCUT2D eigenvalue weighted by atomic mass is 79.9. The molecule has 0 aromatic heterocycles. The minimum atomic E-state index is -0.452. The van der Waals surface area contributed by atoms with Gasteiger partial charge < -0.3 is 14.5 Å². The predicted octanol–water partition coefficient (Wildman–Crippen LogP) is 4.63. The van der Waals surface area contributed by atoms with E-state index in [0.717, 1.165) is 61.9 Å². The lowest BCUT2D eigenvalue weighted by Gasteiger charge is -2.46. The summed E-state index contributed by atoms with van der Waals surface area (Å²) in [6.07, 6.45) is 4.32. The van der Waals surface area contributed by atoms with Crippen LogP contribution in [0.5, 0.6) is 0 Å². The Morgan fingerprint density at radius 3 is 1.96 bits per heavy atom. The second-order valence-corrected chi connectivity index (χ2v) is 10.1. The van der Waals surface area contributed by atoms with Crippen molar-refractivity contribution in [3.63, 3.8) is 0 Å². The summed E-state index contributed by atoms with van der Waals surface area (Å²) in [6.45, 7) is 8.85. The molecular formula is C22H31BrN2O3. The third-order valence-electron chi connectivity index (χ3n) is 5.92. The summed E-state index contributed by atoms with van der Waals surface area (Å²) in [5.41, 5.74) is 0.874. The summed E-state index contributed by atoms with van der Waals surface area (Å²) in [7, 11) is 0. The van der Waals surface area contributed by atoms with Gasteiger partial charge in [0.1, 0.15) is 5.60 Å². The molecule has 2 aliphatic rings. The van der Waals surface area contributed by atoms with Crippen LogP contribution >= 0.6 is 15.9 Å². The first-order chi connectivity index (χ1) is 13.2. The fourth-order valence-electron chi connectivity index (χ4n) is 4.11. The van der Waals surface area contributed by atoms with Gasteiger partial charge in [0.25, 0.3) is 0 Å². The number of piperidine rings is 2. The van der Waals surface area contributed by atoms with Gasteiger partial charge in [-0.05, 0) is 69.6 Å². The Morgan fingerprint density at radius 1 is 0.964 bits per heavy atom. The van der Waals surface area contributed by atoms with E-state index < -0.39 is 5.60 Å². The van der Waals surface area contributed by atoms with Crippen molar-refractivity contribution in [3.8, 4) is 0 Å². The van der Waals surface area contributed by atoms with Crippen molar-refractivity contribution in [3.05, 3.63) is 34.3 Å². The molecule has 154 valence electrons. The fourth-order valence-corrected chi connectivity index (χ4v) is 4.37. The molecule has 0 atom stereocenters. The highest BCUT2D eigenvalue weighted by Gasteiger charge is 2.40. The Bertz CT molecular complexity index is 693. The fraction of sp³-hybridized carbons (Fsp3) is 0.636. The molecule has 0 N–H and O–H groups in total. The third kappa shape index (κ3) is 5.49. The zero-order valence-electron chi connectivity index (χ0n) is 17.2. The zero-order chi connectivity index (χ0) is 20.4. The Labute approximate surface area is 176 Å². The summed E-state index contributed by atoms with van der Waals surface area (Å²) < 4.78 is 6.53. The van der Waals surface area contributed by atoms with E-state index in [2.05, 4.69) is 15.9 Å². The molecule has 0 radical (unpaired) electrons. The molecule has 2 amide bonds. The van der Waals surface area contributed by atoms with Crippen molar-refractivity contribution in [1.82, 2.24) is 9.80 Å². The van der Waals surface area contributed by atoms with Gasteiger partial charge in [-0.25, -0.2) is 4.79 Å². The lowest BCUT2D eigenvalue weighted by molar-refractivity contribution is -0.133. The molecule has 2 heterocycles. The zero-order valence-corrected chi connectivity index (χ0v) is 18.8. The first kappa shape index (κ1) is 21.2. The second kappa shape index (κ2) is 8.44. The molecule has 0 unspecified atom stereocenters. The van der Waals surface area contributed by atoms with Crippen molar-refractivity contribution >= 4 is 27.9 Å². The van der Waals surface area contributed by atoms with Gasteiger partial charge >= 0.3 is 6.09 Å². The van der Waals surface area contributed by atoms with E-state index in [0.29, 0.717) is 6.42 Å². The van der Waals surface area contributed by atoms with Gasteiger partial charge in [-0.1, -0.05) is 28.1 Å². The molecule has 1 aromatic rings. The molecule has 3 rings (SSSR count). The van der Waals surface area contributed by atoms with Gasteiger partial charge in [0.05, 0.1) is 6.42 Å². The maximum absolute atomic E-state index is 12.6. The number of benzene rings is 1. The highest BCUT2D eigenvalue weighted by molar-refractivity contribution is 9.10. The van der Waals surface area contributed by atoms with Crippen molar-refractivity contribution in [2.75, 3.05) is 26.2 Å². The van der Waals surface area contributed by atoms with E-state index in [4.69, 9.17) is 4.74 Å². The molecule has 2 saturated heterocycles. The molecule has 2 aliphatic heterocycles. The van der Waals surface area contributed by atoms with E-state index in [1.807, 2.05) is 54.8 Å². The summed E-state index contributed by atoms with van der Waals surface area (Å²) in [6, 6.07) is 7.96. The van der Waals surface area contributed by atoms with Crippen LogP contribution in [0.15, 0.2) is 28.7 Å². The van der Waals surface area contributed by atoms with Crippen LogP contribution < -0.4 is 0 Å². The minimum Gasteiger partial charge on any atom is -0.444 e. The molecule has 1 aromatic carbocycles. The average Bonchev–Trinajstić information content (AvgIpc) is 2.63. The topological polar surface area (TPSA) is 49.9 Å². The number of carbonyl (C=O) groups excluding carboxylic acids is 2. The van der Waals surface area contributed by atoms with Crippen LogP contribution in [0.2, 0.25) is 0 Å². The molecule has 1 spiro atoms. The van der Waals surface area contributed by atoms with E-state index in [9.17, 15) is 9.59 Å². The van der Waals surface area contributed by atoms with Gasteiger partial charge in [0.15, 0.2) is 0 Å². The smallest absolute Gasteiger partial charge is 0.410 e. The number of rotatable bonds is 2. The number of nitrogens with zero attached hydrogens (tertiary/aromatic N) is 2. The summed E-state index contributed by atoms with van der Waals surface area (Å²) in [5, 5.41) is 0. The first-order valence-corrected chi connectivity index (χ1v) is 11.0. The lowest BCUT2D eigenvalue weighted by atomic mass is 9.71. The second-order valence-electron chi connectivity index (χ2n) is 9.15. The van der Waals surface area contributed by atoms with Crippen molar-refractivity contribution < 1.29 is 14.3 Å². The van der Waals surface area contributed by atoms with Crippen LogP contribution in [0.3, 0.4) is 0 Å². The van der Waals surface area contributed by atoms with E-state index in [-0.39, 0.29) is 17.4 Å². The van der Waals surface area contributed by atoms with Gasteiger partial charge in [-0.2, -0.15) is 0 Å². The number of halogens is 1. The van der Waals surface area contributed by atoms with Gasteiger partial charge in [0, 0.05) is 30.7 Å². The highest BCUT2D eigenvalue weighted by Crippen LogP contribution is 2.41. The van der Waals surface area contributed by atoms with Gasteiger partial charge in [-0.3, -0.25) is 4.79 Å². The Morgan fingerprint density at radius 2 is 1.46 bits per heavy atom. The van der Waals surface area contributed by atoms with Crippen LogP contribution in [0.4, 0.5) is 4.79 Å². The molecule has 2 fully saturated rings. The van der Waals surface area contributed by atoms with Crippen LogP contribution in [0.1, 0.15) is 52.0 Å². The van der Waals surface area contributed by atoms with Crippen LogP contribution in [-0.4, -0.2) is 53.6 Å².